The third-order valence-corrected chi connectivity index (χ3v) is 1.93. The number of alkyl halides is 3. The van der Waals surface area contributed by atoms with E-state index in [4.69, 9.17) is 5.11 Å². The average molecular weight is 241 g/mol. The van der Waals surface area contributed by atoms with Gasteiger partial charge in [0.05, 0.1) is 0 Å². The molecular weight excluding hydrogens is 227 g/mol. The normalized spacial score (nSPS) is 14.4. The van der Waals surface area contributed by atoms with E-state index in [1.54, 1.807) is 0 Å². The van der Waals surface area contributed by atoms with Crippen LogP contribution in [0.4, 0.5) is 13.2 Å². The van der Waals surface area contributed by atoms with Crippen molar-refractivity contribution in [3.8, 4) is 0 Å². The maximum absolute atomic E-state index is 12.3. The number of hydrogen-bond donors (Lipinski definition) is 1. The molecule has 4 nitrogen and oxygen atoms in total. The fraction of sp³-hybridized carbons (Fsp3) is 0.778. The van der Waals surface area contributed by atoms with E-state index in [2.05, 4.69) is 0 Å². The molecule has 16 heavy (non-hydrogen) atoms. The van der Waals surface area contributed by atoms with Gasteiger partial charge in [-0.05, 0) is 27.7 Å². The molecule has 0 aliphatic rings. The molecule has 0 aromatic carbocycles. The molecule has 7 heteroatoms. The van der Waals surface area contributed by atoms with Gasteiger partial charge in [0, 0.05) is 5.54 Å². The summed E-state index contributed by atoms with van der Waals surface area (Å²) in [4.78, 5) is 22.1. The summed E-state index contributed by atoms with van der Waals surface area (Å²) in [6, 6.07) is -1.53. The lowest BCUT2D eigenvalue weighted by Crippen LogP contribution is -2.57. The molecule has 0 radical (unpaired) electrons. The quantitative estimate of drug-likeness (QED) is 0.799. The molecule has 0 spiro atoms. The minimum atomic E-state index is -5.07. The molecule has 0 aliphatic heterocycles. The monoisotopic (exact) mass is 241 g/mol. The first-order valence-corrected chi connectivity index (χ1v) is 4.52. The van der Waals surface area contributed by atoms with Crippen LogP contribution in [0.3, 0.4) is 0 Å². The van der Waals surface area contributed by atoms with E-state index >= 15 is 0 Å². The predicted octanol–water partition coefficient (Wildman–Crippen LogP) is 1.65. The summed E-state index contributed by atoms with van der Waals surface area (Å²) in [6.07, 6.45) is -5.07. The Balaban J connectivity index is 5.29. The molecule has 0 unspecified atom stereocenters. The number of carboxylic acids is 1. The van der Waals surface area contributed by atoms with Crippen LogP contribution in [-0.4, -0.2) is 39.6 Å². The average Bonchev–Trinajstić information content (AvgIpc) is 1.99. The number of aliphatic carboxylic acids is 1. The van der Waals surface area contributed by atoms with Gasteiger partial charge in [-0.3, -0.25) is 4.79 Å². The van der Waals surface area contributed by atoms with E-state index in [-0.39, 0.29) is 0 Å². The van der Waals surface area contributed by atoms with Gasteiger partial charge in [-0.15, -0.1) is 0 Å². The minimum absolute atomic E-state index is 0.315. The molecule has 0 rings (SSSR count). The number of amides is 1. The van der Waals surface area contributed by atoms with Gasteiger partial charge in [-0.1, -0.05) is 0 Å². The van der Waals surface area contributed by atoms with Gasteiger partial charge in [0.15, 0.2) is 0 Å². The Hall–Kier alpha value is -1.27. The minimum Gasteiger partial charge on any atom is -0.480 e. The van der Waals surface area contributed by atoms with Gasteiger partial charge in [-0.2, -0.15) is 13.2 Å². The molecule has 0 fully saturated rings. The second-order valence-electron chi connectivity index (χ2n) is 4.36. The van der Waals surface area contributed by atoms with Crippen LogP contribution in [0.5, 0.6) is 0 Å². The summed E-state index contributed by atoms with van der Waals surface area (Å²) in [5.41, 5.74) is -1.22. The molecule has 0 saturated heterocycles. The molecule has 1 atom stereocenters. The first-order chi connectivity index (χ1) is 6.89. The van der Waals surface area contributed by atoms with Crippen LogP contribution in [-0.2, 0) is 9.59 Å². The molecule has 0 aliphatic carbocycles. The van der Waals surface area contributed by atoms with Crippen molar-refractivity contribution < 1.29 is 27.9 Å². The van der Waals surface area contributed by atoms with E-state index in [9.17, 15) is 22.8 Å². The van der Waals surface area contributed by atoms with Gasteiger partial charge < -0.3 is 10.0 Å². The highest BCUT2D eigenvalue weighted by atomic mass is 19.4. The van der Waals surface area contributed by atoms with Crippen molar-refractivity contribution in [1.82, 2.24) is 4.90 Å². The number of rotatable bonds is 2. The van der Waals surface area contributed by atoms with E-state index in [0.717, 1.165) is 6.92 Å². The van der Waals surface area contributed by atoms with E-state index in [1.807, 2.05) is 0 Å². The fourth-order valence-corrected chi connectivity index (χ4v) is 1.31. The summed E-state index contributed by atoms with van der Waals surface area (Å²) in [5.74, 6) is -3.62. The molecule has 0 heterocycles. The van der Waals surface area contributed by atoms with Crippen molar-refractivity contribution >= 4 is 11.9 Å². The molecule has 1 N–H and O–H groups in total. The summed E-state index contributed by atoms with van der Waals surface area (Å²) < 4.78 is 36.8. The highest BCUT2D eigenvalue weighted by Gasteiger charge is 2.48. The third kappa shape index (κ3) is 3.39. The van der Waals surface area contributed by atoms with Crippen LogP contribution >= 0.6 is 0 Å². The van der Waals surface area contributed by atoms with Gasteiger partial charge >= 0.3 is 18.1 Å². The smallest absolute Gasteiger partial charge is 0.471 e. The molecule has 0 saturated carbocycles. The van der Waals surface area contributed by atoms with Crippen molar-refractivity contribution in [1.29, 1.82) is 0 Å². The van der Waals surface area contributed by atoms with Crippen LogP contribution in [0.2, 0.25) is 0 Å². The zero-order valence-electron chi connectivity index (χ0n) is 9.42. The number of carboxylic acid groups (broad SMARTS) is 1. The molecule has 94 valence electrons. The van der Waals surface area contributed by atoms with Crippen LogP contribution in [0.1, 0.15) is 27.7 Å². The van der Waals surface area contributed by atoms with Crippen molar-refractivity contribution in [2.75, 3.05) is 0 Å². The van der Waals surface area contributed by atoms with Crippen LogP contribution in [0.25, 0.3) is 0 Å². The zero-order valence-corrected chi connectivity index (χ0v) is 9.42. The SMILES string of the molecule is C[C@@H](C(=O)O)N(C(=O)C(F)(F)F)C(C)(C)C. The predicted molar refractivity (Wildman–Crippen MR) is 49.8 cm³/mol. The number of carbonyl (C=O) groups is 2. The van der Waals surface area contributed by atoms with Crippen molar-refractivity contribution in [2.24, 2.45) is 0 Å². The molecule has 0 bridgehead atoms. The largest absolute Gasteiger partial charge is 0.480 e. The number of hydrogen-bond acceptors (Lipinski definition) is 2. The van der Waals surface area contributed by atoms with Gasteiger partial charge in [0.2, 0.25) is 0 Å². The number of nitrogens with zero attached hydrogens (tertiary/aromatic N) is 1. The Kier molecular flexibility index (Phi) is 3.96. The highest BCUT2D eigenvalue weighted by molar-refractivity contribution is 5.87. The van der Waals surface area contributed by atoms with Gasteiger partial charge in [0.1, 0.15) is 6.04 Å². The lowest BCUT2D eigenvalue weighted by atomic mass is 10.0. The second-order valence-corrected chi connectivity index (χ2v) is 4.36. The molecule has 0 aromatic heterocycles. The number of carbonyl (C=O) groups excluding carboxylic acids is 1. The topological polar surface area (TPSA) is 57.6 Å². The van der Waals surface area contributed by atoms with Crippen molar-refractivity contribution in [2.45, 2.75) is 45.5 Å². The highest BCUT2D eigenvalue weighted by Crippen LogP contribution is 2.26. The Morgan fingerprint density at radius 3 is 1.75 bits per heavy atom. The first kappa shape index (κ1) is 14.7. The summed E-state index contributed by atoms with van der Waals surface area (Å²) in [5, 5.41) is 8.67. The Bertz CT molecular complexity index is 293. The maximum atomic E-state index is 12.3. The van der Waals surface area contributed by atoms with Crippen LogP contribution in [0.15, 0.2) is 0 Å². The third-order valence-electron chi connectivity index (χ3n) is 1.93. The Labute approximate surface area is 91.0 Å². The maximum Gasteiger partial charge on any atom is 0.471 e. The van der Waals surface area contributed by atoms with Crippen molar-refractivity contribution in [3.63, 3.8) is 0 Å². The molecule has 0 aromatic rings. The lowest BCUT2D eigenvalue weighted by Gasteiger charge is -2.38. The Morgan fingerprint density at radius 1 is 1.19 bits per heavy atom. The zero-order chi connectivity index (χ0) is 13.3. The van der Waals surface area contributed by atoms with Crippen molar-refractivity contribution in [3.05, 3.63) is 0 Å². The van der Waals surface area contributed by atoms with Crippen LogP contribution in [0, 0.1) is 0 Å². The first-order valence-electron chi connectivity index (χ1n) is 4.52. The standard InChI is InChI=1S/C9H14F3NO3/c1-5(6(14)15)13(8(2,3)4)7(16)9(10,11)12/h5H,1-4H3,(H,14,15)/t5-/m0/s1. The van der Waals surface area contributed by atoms with E-state index < -0.39 is 29.6 Å². The van der Waals surface area contributed by atoms with E-state index in [0.29, 0.717) is 4.90 Å². The van der Waals surface area contributed by atoms with Gasteiger partial charge in [-0.25, -0.2) is 4.79 Å². The number of halogens is 3. The van der Waals surface area contributed by atoms with Crippen LogP contribution < -0.4 is 0 Å². The summed E-state index contributed by atoms with van der Waals surface area (Å²) in [6.45, 7) is 5.07. The summed E-state index contributed by atoms with van der Waals surface area (Å²) >= 11 is 0. The molecule has 1 amide bonds. The Morgan fingerprint density at radius 2 is 1.56 bits per heavy atom. The molecular formula is C9H14F3NO3. The lowest BCUT2D eigenvalue weighted by molar-refractivity contribution is -0.195. The second kappa shape index (κ2) is 4.31. The van der Waals surface area contributed by atoms with Gasteiger partial charge in [0.25, 0.3) is 0 Å². The fourth-order valence-electron chi connectivity index (χ4n) is 1.31. The summed E-state index contributed by atoms with van der Waals surface area (Å²) in [7, 11) is 0. The van der Waals surface area contributed by atoms with E-state index in [1.165, 1.54) is 20.8 Å².